The number of fused-ring (bicyclic) bond motifs is 1. The molecule has 3 aromatic rings. The molecule has 3 rings (SSSR count). The molecule has 0 unspecified atom stereocenters. The number of rotatable bonds is 11. The number of unbranched alkanes of at least 4 members (excludes halogenated alkanes) is 1. The molecule has 2 heterocycles. The Labute approximate surface area is 258 Å². The van der Waals surface area contributed by atoms with Crippen LogP contribution in [0.1, 0.15) is 66.4 Å². The van der Waals surface area contributed by atoms with Crippen LogP contribution in [-0.4, -0.2) is 81.1 Å². The molecule has 2 aromatic heterocycles. The zero-order chi connectivity index (χ0) is 32.3. The maximum absolute atomic E-state index is 12.5. The molecule has 0 spiro atoms. The molecule has 0 aliphatic rings. The quantitative estimate of drug-likeness (QED) is 0.203. The third kappa shape index (κ3) is 9.58. The summed E-state index contributed by atoms with van der Waals surface area (Å²) in [4.78, 5) is 47.3. The van der Waals surface area contributed by atoms with Gasteiger partial charge in [-0.2, -0.15) is 14.8 Å². The minimum Gasteiger partial charge on any atom is -0.448 e. The van der Waals surface area contributed by atoms with Crippen LogP contribution < -0.4 is 16.0 Å². The number of anilines is 3. The monoisotopic (exact) mass is 606 g/mol. The van der Waals surface area contributed by atoms with Gasteiger partial charge in [-0.15, -0.1) is 0 Å². The van der Waals surface area contributed by atoms with Crippen molar-refractivity contribution in [2.45, 2.75) is 72.4 Å². The lowest BCUT2D eigenvalue weighted by Crippen LogP contribution is -2.47. The van der Waals surface area contributed by atoms with Crippen molar-refractivity contribution in [2.24, 2.45) is 0 Å². The molecule has 13 heteroatoms. The highest BCUT2D eigenvalue weighted by Gasteiger charge is 2.26. The van der Waals surface area contributed by atoms with E-state index < -0.39 is 23.8 Å². The molecule has 0 bridgehead atoms. The molecular formula is C31H42N8O5. The fraction of sp³-hybridized carbons (Fsp3) is 0.484. The van der Waals surface area contributed by atoms with Gasteiger partial charge in [-0.25, -0.2) is 14.6 Å². The van der Waals surface area contributed by atoms with Crippen LogP contribution in [0.5, 0.6) is 0 Å². The van der Waals surface area contributed by atoms with E-state index in [-0.39, 0.29) is 12.5 Å². The number of hydrogen-bond donors (Lipinski definition) is 3. The second-order valence-electron chi connectivity index (χ2n) is 11.0. The van der Waals surface area contributed by atoms with Crippen molar-refractivity contribution in [3.05, 3.63) is 36.2 Å². The first kappa shape index (κ1) is 33.6. The number of nitrogens with one attached hydrogen (secondary N) is 3. The summed E-state index contributed by atoms with van der Waals surface area (Å²) in [6.07, 6.45) is 4.22. The van der Waals surface area contributed by atoms with Crippen molar-refractivity contribution < 1.29 is 23.9 Å². The number of amides is 2. The Kier molecular flexibility index (Phi) is 11.9. The first-order chi connectivity index (χ1) is 20.9. The predicted octanol–water partition coefficient (Wildman–Crippen LogP) is 4.90. The molecule has 1 aromatic carbocycles. The van der Waals surface area contributed by atoms with Crippen molar-refractivity contribution in [3.8, 4) is 11.8 Å². The summed E-state index contributed by atoms with van der Waals surface area (Å²) < 4.78 is 11.6. The molecule has 0 radical (unpaired) electrons. The number of carbonyl (C=O) groups is 3. The van der Waals surface area contributed by atoms with E-state index in [2.05, 4.69) is 49.8 Å². The number of likely N-dealkylation sites (N-methyl/N-ethyl adjacent to an activating group) is 1. The van der Waals surface area contributed by atoms with Gasteiger partial charge in [0.2, 0.25) is 11.9 Å². The molecule has 44 heavy (non-hydrogen) atoms. The van der Waals surface area contributed by atoms with Crippen LogP contribution in [0.15, 0.2) is 30.6 Å². The van der Waals surface area contributed by atoms with Gasteiger partial charge in [-0.05, 0) is 65.7 Å². The lowest BCUT2D eigenvalue weighted by Gasteiger charge is -2.28. The summed E-state index contributed by atoms with van der Waals surface area (Å²) >= 11 is 0. The van der Waals surface area contributed by atoms with Crippen molar-refractivity contribution >= 4 is 46.5 Å². The Morgan fingerprint density at radius 2 is 1.91 bits per heavy atom. The number of nitrogens with zero attached hydrogens (tertiary/aromatic N) is 5. The first-order valence-electron chi connectivity index (χ1n) is 14.7. The summed E-state index contributed by atoms with van der Waals surface area (Å²) in [5.74, 6) is 6.94. The van der Waals surface area contributed by atoms with Gasteiger partial charge in [0.25, 0.3) is 0 Å². The third-order valence-corrected chi connectivity index (χ3v) is 6.24. The summed E-state index contributed by atoms with van der Waals surface area (Å²) in [6.45, 7) is 12.2. The highest BCUT2D eigenvalue weighted by atomic mass is 16.6. The Morgan fingerprint density at radius 1 is 1.14 bits per heavy atom. The largest absolute Gasteiger partial charge is 0.448 e. The van der Waals surface area contributed by atoms with Crippen LogP contribution in [-0.2, 0) is 14.3 Å². The first-order valence-corrected chi connectivity index (χ1v) is 14.7. The Bertz CT molecular complexity index is 1520. The van der Waals surface area contributed by atoms with Gasteiger partial charge in [0.1, 0.15) is 17.5 Å². The number of carbonyl (C=O) groups excluding carboxylic acids is 3. The molecule has 3 N–H and O–H groups in total. The van der Waals surface area contributed by atoms with E-state index in [0.717, 1.165) is 11.8 Å². The summed E-state index contributed by atoms with van der Waals surface area (Å²) in [5.41, 5.74) is 1.29. The Hall–Kier alpha value is -4.86. The fourth-order valence-electron chi connectivity index (χ4n) is 3.83. The summed E-state index contributed by atoms with van der Waals surface area (Å²) in [7, 11) is 1.54. The molecular weight excluding hydrogens is 564 g/mol. The minimum atomic E-state index is -0.672. The van der Waals surface area contributed by atoms with E-state index in [9.17, 15) is 14.4 Å². The van der Waals surface area contributed by atoms with Crippen LogP contribution in [0.25, 0.3) is 10.9 Å². The Morgan fingerprint density at radius 3 is 2.61 bits per heavy atom. The van der Waals surface area contributed by atoms with E-state index in [1.165, 1.54) is 16.6 Å². The van der Waals surface area contributed by atoms with Crippen LogP contribution in [0.4, 0.5) is 27.0 Å². The molecule has 2 amide bonds. The summed E-state index contributed by atoms with van der Waals surface area (Å²) in [5, 5.41) is 14.2. The van der Waals surface area contributed by atoms with E-state index in [4.69, 9.17) is 9.47 Å². The van der Waals surface area contributed by atoms with Gasteiger partial charge < -0.3 is 25.4 Å². The van der Waals surface area contributed by atoms with E-state index in [1.54, 1.807) is 53.1 Å². The zero-order valence-electron chi connectivity index (χ0n) is 26.5. The van der Waals surface area contributed by atoms with Gasteiger partial charge in [0.05, 0.1) is 30.1 Å². The minimum absolute atomic E-state index is 0.250. The normalized spacial score (nSPS) is 11.6. The van der Waals surface area contributed by atoms with E-state index >= 15 is 0 Å². The maximum Gasteiger partial charge on any atom is 0.435 e. The van der Waals surface area contributed by atoms with Crippen molar-refractivity contribution in [1.82, 2.24) is 30.0 Å². The number of ether oxygens (including phenoxy) is 2. The molecule has 236 valence electrons. The average molecular weight is 607 g/mol. The Balaban J connectivity index is 1.60. The van der Waals surface area contributed by atoms with Gasteiger partial charge in [-0.3, -0.25) is 9.69 Å². The second-order valence-corrected chi connectivity index (χ2v) is 11.0. The summed E-state index contributed by atoms with van der Waals surface area (Å²) in [6, 6.07) is 4.81. The fourth-order valence-corrected chi connectivity index (χ4v) is 3.83. The standard InChI is InChI=1S/C31H42N8O5/c1-8-16-32-26-23(13-11-10-12-17-33-27(40)21(3)38(7)29(41)44-31(4,5)6)19-34-28(37-26)36-24-15-14-22-20-35-39(25(22)18-24)30(42)43-9-2/h14-15,18-21H,8-10,12,16-17H2,1-7H3,(H,33,40)(H2,32,34,36,37)/t21-/m0/s1. The lowest BCUT2D eigenvalue weighted by molar-refractivity contribution is -0.125. The third-order valence-electron chi connectivity index (χ3n) is 6.24. The van der Waals surface area contributed by atoms with Crippen LogP contribution >= 0.6 is 0 Å². The number of aromatic nitrogens is 4. The topological polar surface area (TPSA) is 153 Å². The molecule has 0 aliphatic carbocycles. The number of hydrogen-bond acceptors (Lipinski definition) is 10. The molecule has 13 nitrogen and oxygen atoms in total. The highest BCUT2D eigenvalue weighted by molar-refractivity contribution is 5.90. The number of benzene rings is 1. The molecule has 0 saturated carbocycles. The van der Waals surface area contributed by atoms with Gasteiger partial charge in [-0.1, -0.05) is 18.8 Å². The van der Waals surface area contributed by atoms with Crippen molar-refractivity contribution in [3.63, 3.8) is 0 Å². The second kappa shape index (κ2) is 15.6. The van der Waals surface area contributed by atoms with E-state index in [1.807, 2.05) is 12.1 Å². The smallest absolute Gasteiger partial charge is 0.435 e. The molecule has 1 atom stereocenters. The zero-order valence-corrected chi connectivity index (χ0v) is 26.5. The van der Waals surface area contributed by atoms with Crippen molar-refractivity contribution in [2.75, 3.05) is 37.4 Å². The van der Waals surface area contributed by atoms with E-state index in [0.29, 0.717) is 54.5 Å². The SMILES string of the molecule is CCCNc1nc(Nc2ccc3cnn(C(=O)OCC)c3c2)ncc1C#CCCCNC(=O)[C@H](C)N(C)C(=O)OC(C)(C)C. The van der Waals surface area contributed by atoms with Gasteiger partial charge in [0, 0.05) is 37.6 Å². The van der Waals surface area contributed by atoms with Crippen LogP contribution in [0.3, 0.4) is 0 Å². The molecule has 0 fully saturated rings. The van der Waals surface area contributed by atoms with Crippen molar-refractivity contribution in [1.29, 1.82) is 0 Å². The van der Waals surface area contributed by atoms with Crippen LogP contribution in [0, 0.1) is 11.8 Å². The lowest BCUT2D eigenvalue weighted by atomic mass is 10.2. The van der Waals surface area contributed by atoms with Gasteiger partial charge >= 0.3 is 12.2 Å². The highest BCUT2D eigenvalue weighted by Crippen LogP contribution is 2.22. The van der Waals surface area contributed by atoms with Crippen LogP contribution in [0.2, 0.25) is 0 Å². The molecule has 0 aliphatic heterocycles. The maximum atomic E-state index is 12.5. The van der Waals surface area contributed by atoms with Gasteiger partial charge in [0.15, 0.2) is 0 Å². The predicted molar refractivity (Wildman–Crippen MR) is 169 cm³/mol. The average Bonchev–Trinajstić information content (AvgIpc) is 3.40. The molecule has 0 saturated heterocycles.